The van der Waals surface area contributed by atoms with Gasteiger partial charge in [0.1, 0.15) is 0 Å². The lowest BCUT2D eigenvalue weighted by Gasteiger charge is -2.31. The van der Waals surface area contributed by atoms with Gasteiger partial charge < -0.3 is 15.3 Å². The van der Waals surface area contributed by atoms with Gasteiger partial charge in [-0.05, 0) is 38.6 Å². The number of carbonyl (C=O) groups is 1. The minimum Gasteiger partial charge on any atom is -0.393 e. The normalized spacial score (nSPS) is 26.6. The smallest absolute Gasteiger partial charge is 0.223 e. The van der Waals surface area contributed by atoms with Crippen LogP contribution in [0.1, 0.15) is 39.5 Å². The van der Waals surface area contributed by atoms with Crippen molar-refractivity contribution >= 4 is 5.91 Å². The first-order chi connectivity index (χ1) is 8.00. The fourth-order valence-corrected chi connectivity index (χ4v) is 2.24. The van der Waals surface area contributed by atoms with E-state index in [1.165, 1.54) is 12.8 Å². The summed E-state index contributed by atoms with van der Waals surface area (Å²) in [6.45, 7) is 5.63. The lowest BCUT2D eigenvalue weighted by molar-refractivity contribution is -0.131. The summed E-state index contributed by atoms with van der Waals surface area (Å²) in [5.41, 5.74) is 0. The molecule has 17 heavy (non-hydrogen) atoms. The van der Waals surface area contributed by atoms with Crippen molar-refractivity contribution in [2.24, 2.45) is 5.92 Å². The van der Waals surface area contributed by atoms with Crippen LogP contribution in [0.25, 0.3) is 0 Å². The molecule has 1 rings (SSSR count). The Balaban J connectivity index is 2.31. The largest absolute Gasteiger partial charge is 0.393 e. The second kappa shape index (κ2) is 6.97. The van der Waals surface area contributed by atoms with E-state index in [0.29, 0.717) is 31.3 Å². The minimum absolute atomic E-state index is 0.178. The van der Waals surface area contributed by atoms with E-state index < -0.39 is 0 Å². The molecule has 0 aromatic rings. The van der Waals surface area contributed by atoms with Gasteiger partial charge in [0.25, 0.3) is 0 Å². The van der Waals surface area contributed by atoms with E-state index in [1.54, 1.807) is 11.8 Å². The van der Waals surface area contributed by atoms with Gasteiger partial charge in [0.15, 0.2) is 0 Å². The van der Waals surface area contributed by atoms with Gasteiger partial charge in [-0.15, -0.1) is 0 Å². The molecule has 1 aliphatic heterocycles. The summed E-state index contributed by atoms with van der Waals surface area (Å²) in [6.07, 6.45) is 3.32. The highest BCUT2D eigenvalue weighted by molar-refractivity contribution is 5.76. The Morgan fingerprint density at radius 1 is 1.59 bits per heavy atom. The monoisotopic (exact) mass is 242 g/mol. The van der Waals surface area contributed by atoms with Gasteiger partial charge in [0, 0.05) is 26.1 Å². The Bertz CT molecular complexity index is 244. The SMILES string of the molecule is CC(O)CCN(C)C(=O)CC1NCCCC1C. The first-order valence-electron chi connectivity index (χ1n) is 6.66. The van der Waals surface area contributed by atoms with E-state index in [4.69, 9.17) is 0 Å². The Morgan fingerprint density at radius 2 is 2.29 bits per heavy atom. The number of carbonyl (C=O) groups excluding carboxylic acids is 1. The van der Waals surface area contributed by atoms with Crippen molar-refractivity contribution in [3.05, 3.63) is 0 Å². The van der Waals surface area contributed by atoms with Crippen LogP contribution in [0.15, 0.2) is 0 Å². The number of hydrogen-bond donors (Lipinski definition) is 2. The maximum Gasteiger partial charge on any atom is 0.223 e. The number of nitrogens with zero attached hydrogens (tertiary/aromatic N) is 1. The Hall–Kier alpha value is -0.610. The summed E-state index contributed by atoms with van der Waals surface area (Å²) in [4.78, 5) is 13.7. The van der Waals surface area contributed by atoms with Gasteiger partial charge in [-0.25, -0.2) is 0 Å². The molecule has 1 aliphatic rings. The molecule has 0 aromatic heterocycles. The zero-order valence-corrected chi connectivity index (χ0v) is 11.3. The number of rotatable bonds is 5. The minimum atomic E-state index is -0.336. The van der Waals surface area contributed by atoms with Gasteiger partial charge in [-0.1, -0.05) is 6.92 Å². The zero-order chi connectivity index (χ0) is 12.8. The van der Waals surface area contributed by atoms with Gasteiger partial charge >= 0.3 is 0 Å². The van der Waals surface area contributed by atoms with Crippen LogP contribution in [-0.2, 0) is 4.79 Å². The molecule has 0 saturated carbocycles. The maximum absolute atomic E-state index is 12.0. The van der Waals surface area contributed by atoms with Crippen LogP contribution < -0.4 is 5.32 Å². The molecule has 0 aliphatic carbocycles. The van der Waals surface area contributed by atoms with Crippen molar-refractivity contribution in [3.63, 3.8) is 0 Å². The average molecular weight is 242 g/mol. The molecule has 100 valence electrons. The lowest BCUT2D eigenvalue weighted by atomic mass is 9.90. The third kappa shape index (κ3) is 5.04. The van der Waals surface area contributed by atoms with Gasteiger partial charge in [0.2, 0.25) is 5.91 Å². The highest BCUT2D eigenvalue weighted by atomic mass is 16.3. The zero-order valence-electron chi connectivity index (χ0n) is 11.3. The van der Waals surface area contributed by atoms with E-state index in [1.807, 2.05) is 7.05 Å². The summed E-state index contributed by atoms with van der Waals surface area (Å²) in [6, 6.07) is 0.324. The van der Waals surface area contributed by atoms with E-state index in [0.717, 1.165) is 6.54 Å². The van der Waals surface area contributed by atoms with Crippen LogP contribution in [0.2, 0.25) is 0 Å². The van der Waals surface area contributed by atoms with Crippen molar-refractivity contribution in [2.45, 2.75) is 51.7 Å². The summed E-state index contributed by atoms with van der Waals surface area (Å²) < 4.78 is 0. The summed E-state index contributed by atoms with van der Waals surface area (Å²) >= 11 is 0. The summed E-state index contributed by atoms with van der Waals surface area (Å²) in [5.74, 6) is 0.759. The standard InChI is InChI=1S/C13H26N2O2/c1-10-5-4-7-14-12(10)9-13(17)15(3)8-6-11(2)16/h10-12,14,16H,4-9H2,1-3H3. The van der Waals surface area contributed by atoms with Crippen molar-refractivity contribution in [3.8, 4) is 0 Å². The molecule has 1 amide bonds. The Morgan fingerprint density at radius 3 is 2.88 bits per heavy atom. The summed E-state index contributed by atoms with van der Waals surface area (Å²) in [7, 11) is 1.82. The molecule has 3 unspecified atom stereocenters. The number of aliphatic hydroxyl groups excluding tert-OH is 1. The van der Waals surface area contributed by atoms with Crippen molar-refractivity contribution in [1.29, 1.82) is 0 Å². The summed E-state index contributed by atoms with van der Waals surface area (Å²) in [5, 5.41) is 12.6. The molecule has 1 fully saturated rings. The van der Waals surface area contributed by atoms with Crippen LogP contribution >= 0.6 is 0 Å². The quantitative estimate of drug-likeness (QED) is 0.756. The van der Waals surface area contributed by atoms with E-state index >= 15 is 0 Å². The third-order valence-corrected chi connectivity index (χ3v) is 3.63. The predicted octanol–water partition coefficient (Wildman–Crippen LogP) is 0.994. The molecule has 1 heterocycles. The molecule has 3 atom stereocenters. The van der Waals surface area contributed by atoms with E-state index in [2.05, 4.69) is 12.2 Å². The topological polar surface area (TPSA) is 52.6 Å². The highest BCUT2D eigenvalue weighted by Crippen LogP contribution is 2.18. The molecule has 0 aromatic carbocycles. The third-order valence-electron chi connectivity index (χ3n) is 3.63. The van der Waals surface area contributed by atoms with Crippen molar-refractivity contribution in [1.82, 2.24) is 10.2 Å². The van der Waals surface area contributed by atoms with Gasteiger partial charge in [-0.2, -0.15) is 0 Å². The molecule has 0 radical (unpaired) electrons. The van der Waals surface area contributed by atoms with Crippen LogP contribution in [0.4, 0.5) is 0 Å². The van der Waals surface area contributed by atoms with Crippen molar-refractivity contribution < 1.29 is 9.90 Å². The van der Waals surface area contributed by atoms with E-state index in [-0.39, 0.29) is 12.0 Å². The second-order valence-corrected chi connectivity index (χ2v) is 5.34. The highest BCUT2D eigenvalue weighted by Gasteiger charge is 2.24. The first-order valence-corrected chi connectivity index (χ1v) is 6.66. The molecule has 4 nitrogen and oxygen atoms in total. The number of hydrogen-bond acceptors (Lipinski definition) is 3. The molecule has 0 bridgehead atoms. The fraction of sp³-hybridized carbons (Fsp3) is 0.923. The molecular weight excluding hydrogens is 216 g/mol. The van der Waals surface area contributed by atoms with Gasteiger partial charge in [0.05, 0.1) is 6.10 Å². The van der Waals surface area contributed by atoms with Crippen molar-refractivity contribution in [2.75, 3.05) is 20.1 Å². The predicted molar refractivity (Wildman–Crippen MR) is 68.7 cm³/mol. The average Bonchev–Trinajstić information content (AvgIpc) is 2.28. The second-order valence-electron chi connectivity index (χ2n) is 5.34. The van der Waals surface area contributed by atoms with Crippen LogP contribution in [0.3, 0.4) is 0 Å². The lowest BCUT2D eigenvalue weighted by Crippen LogP contribution is -2.44. The van der Waals surface area contributed by atoms with Crippen LogP contribution in [0, 0.1) is 5.92 Å². The molecule has 1 saturated heterocycles. The van der Waals surface area contributed by atoms with E-state index in [9.17, 15) is 9.90 Å². The van der Waals surface area contributed by atoms with Crippen LogP contribution in [0.5, 0.6) is 0 Å². The fourth-order valence-electron chi connectivity index (χ4n) is 2.24. The van der Waals surface area contributed by atoms with Crippen LogP contribution in [-0.4, -0.2) is 48.2 Å². The number of nitrogens with one attached hydrogen (secondary N) is 1. The molecule has 4 heteroatoms. The first kappa shape index (κ1) is 14.5. The maximum atomic E-state index is 12.0. The number of amides is 1. The molecular formula is C13H26N2O2. The number of piperidine rings is 1. The molecule has 0 spiro atoms. The Kier molecular flexibility index (Phi) is 5.92. The number of aliphatic hydroxyl groups is 1. The molecule has 2 N–H and O–H groups in total. The Labute approximate surface area is 104 Å². The van der Waals surface area contributed by atoms with Gasteiger partial charge in [-0.3, -0.25) is 4.79 Å².